The van der Waals surface area contributed by atoms with E-state index in [9.17, 15) is 10.1 Å². The van der Waals surface area contributed by atoms with Crippen molar-refractivity contribution in [2.75, 3.05) is 33.5 Å². The van der Waals surface area contributed by atoms with Crippen molar-refractivity contribution in [3.05, 3.63) is 46.4 Å². The van der Waals surface area contributed by atoms with Gasteiger partial charge in [0.05, 0.1) is 37.4 Å². The van der Waals surface area contributed by atoms with Crippen molar-refractivity contribution in [2.45, 2.75) is 53.4 Å². The number of benzene rings is 1. The molecule has 7 nitrogen and oxygen atoms in total. The summed E-state index contributed by atoms with van der Waals surface area (Å²) in [6.07, 6.45) is 1.12. The molecule has 0 amide bonds. The van der Waals surface area contributed by atoms with Crippen LogP contribution in [0, 0.1) is 22.7 Å². The van der Waals surface area contributed by atoms with Crippen molar-refractivity contribution in [1.29, 1.82) is 5.26 Å². The van der Waals surface area contributed by atoms with Crippen molar-refractivity contribution in [2.24, 2.45) is 17.1 Å². The zero-order valence-corrected chi connectivity index (χ0v) is 21.2. The number of carbonyl (C=O) groups is 1. The van der Waals surface area contributed by atoms with Crippen molar-refractivity contribution in [3.63, 3.8) is 0 Å². The zero-order valence-electron chi connectivity index (χ0n) is 21.2. The predicted molar refractivity (Wildman–Crippen MR) is 131 cm³/mol. The number of Topliss-reactive ketones (excluding diaryl/α,β-unsaturated/α-hetero) is 1. The Morgan fingerprint density at radius 2 is 1.97 bits per heavy atom. The van der Waals surface area contributed by atoms with Crippen molar-refractivity contribution in [1.82, 2.24) is 4.90 Å². The maximum atomic E-state index is 13.5. The molecule has 0 aromatic heterocycles. The lowest BCUT2D eigenvalue weighted by Crippen LogP contribution is -2.43. The summed E-state index contributed by atoms with van der Waals surface area (Å²) in [4.78, 5) is 15.4. The molecule has 1 atom stereocenters. The molecular formula is C27H37N3O4. The number of methoxy groups -OCH3 is 1. The topological polar surface area (TPSA) is 97.8 Å². The minimum Gasteiger partial charge on any atom is -0.490 e. The molecule has 7 heteroatoms. The number of ether oxygens (including phenoxy) is 3. The smallest absolute Gasteiger partial charge is 0.162 e. The lowest BCUT2D eigenvalue weighted by molar-refractivity contribution is -0.118. The van der Waals surface area contributed by atoms with Crippen LogP contribution in [0.25, 0.3) is 0 Å². The van der Waals surface area contributed by atoms with E-state index in [2.05, 4.69) is 33.8 Å². The number of ketones is 1. The minimum atomic E-state index is -0.541. The van der Waals surface area contributed by atoms with E-state index in [0.717, 1.165) is 11.3 Å². The molecule has 2 N–H and O–H groups in total. The maximum Gasteiger partial charge on any atom is 0.162 e. The van der Waals surface area contributed by atoms with Crippen molar-refractivity contribution in [3.8, 4) is 17.6 Å². The fraction of sp³-hybridized carbons (Fsp3) is 0.556. The van der Waals surface area contributed by atoms with E-state index >= 15 is 0 Å². The van der Waals surface area contributed by atoms with Gasteiger partial charge in [0.15, 0.2) is 17.3 Å². The van der Waals surface area contributed by atoms with Crippen molar-refractivity contribution < 1.29 is 19.0 Å². The molecule has 1 aromatic rings. The van der Waals surface area contributed by atoms with Crippen LogP contribution in [0.15, 0.2) is 40.9 Å². The quantitative estimate of drug-likeness (QED) is 0.571. The zero-order chi connectivity index (χ0) is 25.0. The van der Waals surface area contributed by atoms with Crippen LogP contribution in [0.1, 0.15) is 58.9 Å². The van der Waals surface area contributed by atoms with E-state index in [1.54, 1.807) is 7.11 Å². The lowest BCUT2D eigenvalue weighted by Gasteiger charge is -2.43. The molecule has 0 radical (unpaired) electrons. The van der Waals surface area contributed by atoms with Crippen LogP contribution in [0.4, 0.5) is 0 Å². The predicted octanol–water partition coefficient (Wildman–Crippen LogP) is 4.50. The average Bonchev–Trinajstić information content (AvgIpc) is 2.76. The number of hydrogen-bond donors (Lipinski definition) is 1. The van der Waals surface area contributed by atoms with Gasteiger partial charge >= 0.3 is 0 Å². The molecule has 0 saturated carbocycles. The van der Waals surface area contributed by atoms with Crippen LogP contribution in [-0.4, -0.2) is 44.2 Å². The summed E-state index contributed by atoms with van der Waals surface area (Å²) >= 11 is 0. The monoisotopic (exact) mass is 467 g/mol. The third kappa shape index (κ3) is 5.23. The summed E-state index contributed by atoms with van der Waals surface area (Å²) < 4.78 is 17.1. The van der Waals surface area contributed by atoms with Gasteiger partial charge in [0.2, 0.25) is 0 Å². The summed E-state index contributed by atoms with van der Waals surface area (Å²) in [6.45, 7) is 12.2. The van der Waals surface area contributed by atoms with Gasteiger partial charge in [0.1, 0.15) is 5.82 Å². The van der Waals surface area contributed by atoms with Gasteiger partial charge in [0, 0.05) is 31.3 Å². The number of hydrogen-bond acceptors (Lipinski definition) is 7. The Kier molecular flexibility index (Phi) is 7.93. The van der Waals surface area contributed by atoms with Gasteiger partial charge in [-0.25, -0.2) is 0 Å². The van der Waals surface area contributed by atoms with Crippen LogP contribution in [-0.2, 0) is 9.53 Å². The van der Waals surface area contributed by atoms with E-state index in [0.29, 0.717) is 73.6 Å². The van der Waals surface area contributed by atoms with Gasteiger partial charge in [-0.3, -0.25) is 4.79 Å². The second-order valence-electron chi connectivity index (χ2n) is 10.1. The number of nitrogens with two attached hydrogens (primary N) is 1. The van der Waals surface area contributed by atoms with Gasteiger partial charge in [-0.15, -0.1) is 0 Å². The summed E-state index contributed by atoms with van der Waals surface area (Å²) in [7, 11) is 1.63. The second-order valence-corrected chi connectivity index (χ2v) is 10.1. The standard InChI is InChI=1S/C27H37N3O4/c1-7-33-23-12-18(8-9-22(23)34-16-17(2)3)24-19(15-28)26(29)30(10-11-32-6)20-13-27(4,5)14-21(31)25(20)24/h8-9,12,17,24H,7,10-11,13-14,16,29H2,1-6H3/t24-/m0/s1. The highest BCUT2D eigenvalue weighted by molar-refractivity contribution is 6.00. The highest BCUT2D eigenvalue weighted by atomic mass is 16.5. The number of rotatable bonds is 9. The van der Waals surface area contributed by atoms with Crippen LogP contribution < -0.4 is 15.2 Å². The first kappa shape index (κ1) is 25.6. The molecule has 2 aliphatic rings. The molecule has 184 valence electrons. The third-order valence-electron chi connectivity index (χ3n) is 6.18. The first-order valence-electron chi connectivity index (χ1n) is 12.0. The van der Waals surface area contributed by atoms with Gasteiger partial charge in [-0.1, -0.05) is 33.8 Å². The Morgan fingerprint density at radius 1 is 1.24 bits per heavy atom. The molecule has 0 saturated heterocycles. The van der Waals surface area contributed by atoms with Gasteiger partial charge in [-0.2, -0.15) is 5.26 Å². The number of nitrogens with zero attached hydrogens (tertiary/aromatic N) is 2. The van der Waals surface area contributed by atoms with E-state index in [1.807, 2.05) is 30.0 Å². The normalized spacial score (nSPS) is 19.9. The summed E-state index contributed by atoms with van der Waals surface area (Å²) in [6, 6.07) is 7.97. The fourth-order valence-electron chi connectivity index (χ4n) is 4.69. The van der Waals surface area contributed by atoms with Crippen LogP contribution in [0.3, 0.4) is 0 Å². The Hall–Kier alpha value is -2.98. The Labute approximate surface area is 203 Å². The molecule has 1 aliphatic carbocycles. The number of carbonyl (C=O) groups excluding carboxylic acids is 1. The first-order valence-corrected chi connectivity index (χ1v) is 12.0. The molecule has 1 heterocycles. The molecule has 34 heavy (non-hydrogen) atoms. The van der Waals surface area contributed by atoms with E-state index < -0.39 is 5.92 Å². The molecule has 3 rings (SSSR count). The molecule has 1 aromatic carbocycles. The molecule has 0 spiro atoms. The Bertz CT molecular complexity index is 1030. The van der Waals surface area contributed by atoms with Gasteiger partial charge in [0.25, 0.3) is 0 Å². The highest BCUT2D eigenvalue weighted by Gasteiger charge is 2.44. The molecule has 0 fully saturated rings. The van der Waals surface area contributed by atoms with Crippen LogP contribution >= 0.6 is 0 Å². The van der Waals surface area contributed by atoms with Gasteiger partial charge in [-0.05, 0) is 42.4 Å². The van der Waals surface area contributed by atoms with E-state index in [1.165, 1.54) is 0 Å². The Balaban J connectivity index is 2.16. The summed E-state index contributed by atoms with van der Waals surface area (Å²) in [5.74, 6) is 1.51. The van der Waals surface area contributed by atoms with Crippen LogP contribution in [0.2, 0.25) is 0 Å². The van der Waals surface area contributed by atoms with Crippen molar-refractivity contribution >= 4 is 5.78 Å². The van der Waals surface area contributed by atoms with Gasteiger partial charge < -0.3 is 24.8 Å². The second kappa shape index (κ2) is 10.5. The Morgan fingerprint density at radius 3 is 2.59 bits per heavy atom. The average molecular weight is 468 g/mol. The molecule has 0 unspecified atom stereocenters. The molecule has 1 aliphatic heterocycles. The largest absolute Gasteiger partial charge is 0.490 e. The molecule has 0 bridgehead atoms. The molecular weight excluding hydrogens is 430 g/mol. The fourth-order valence-corrected chi connectivity index (χ4v) is 4.69. The number of nitriles is 1. The highest BCUT2D eigenvalue weighted by Crippen LogP contribution is 2.49. The van der Waals surface area contributed by atoms with E-state index in [-0.39, 0.29) is 11.2 Å². The van der Waals surface area contributed by atoms with E-state index in [4.69, 9.17) is 19.9 Å². The summed E-state index contributed by atoms with van der Waals surface area (Å²) in [5.41, 5.74) is 9.10. The minimum absolute atomic E-state index is 0.0528. The SMILES string of the molecule is CCOc1cc([C@H]2C(C#N)=C(N)N(CCOC)C3=C2C(=O)CC(C)(C)C3)ccc1OCC(C)C. The summed E-state index contributed by atoms with van der Waals surface area (Å²) in [5, 5.41) is 10.2. The van der Waals surface area contributed by atoms with Crippen LogP contribution in [0.5, 0.6) is 11.5 Å². The first-order chi connectivity index (χ1) is 16.1. The third-order valence-corrected chi connectivity index (χ3v) is 6.18. The lowest BCUT2D eigenvalue weighted by atomic mass is 9.68. The number of allylic oxidation sites excluding steroid dienone is 3. The maximum absolute atomic E-state index is 13.5.